The molecular weight excluding hydrogens is 284 g/mol. The fourth-order valence-electron chi connectivity index (χ4n) is 1.76. The lowest BCUT2D eigenvalue weighted by Crippen LogP contribution is -2.51. The van der Waals surface area contributed by atoms with Crippen LogP contribution in [0.15, 0.2) is 23.1 Å². The molecule has 0 saturated heterocycles. The lowest BCUT2D eigenvalue weighted by Gasteiger charge is -2.30. The molecule has 112 valence electrons. The van der Waals surface area contributed by atoms with Crippen LogP contribution in [0.1, 0.15) is 26.7 Å². The average molecular weight is 303 g/mol. The number of carbonyl (C=O) groups is 1. The van der Waals surface area contributed by atoms with Crippen molar-refractivity contribution in [1.29, 1.82) is 0 Å². The third kappa shape index (κ3) is 4.45. The molecule has 0 aliphatic rings. The molecule has 0 radical (unpaired) electrons. The van der Waals surface area contributed by atoms with Crippen molar-refractivity contribution in [3.05, 3.63) is 29.8 Å². The van der Waals surface area contributed by atoms with Gasteiger partial charge in [0.15, 0.2) is 0 Å². The van der Waals surface area contributed by atoms with Crippen LogP contribution in [0.25, 0.3) is 0 Å². The number of nitrogens with one attached hydrogen (secondary N) is 1. The highest BCUT2D eigenvalue weighted by Crippen LogP contribution is 2.22. The number of amides is 1. The van der Waals surface area contributed by atoms with Gasteiger partial charge >= 0.3 is 0 Å². The van der Waals surface area contributed by atoms with Crippen molar-refractivity contribution >= 4 is 17.7 Å². The Hall–Kier alpha value is -1.14. The van der Waals surface area contributed by atoms with E-state index in [-0.39, 0.29) is 23.2 Å². The summed E-state index contributed by atoms with van der Waals surface area (Å²) in [6.07, 6.45) is 1.22. The van der Waals surface area contributed by atoms with E-state index in [1.54, 1.807) is 0 Å². The zero-order valence-corrected chi connectivity index (χ0v) is 12.4. The van der Waals surface area contributed by atoms with Gasteiger partial charge in [0.05, 0.1) is 17.9 Å². The summed E-state index contributed by atoms with van der Waals surface area (Å²) in [5.74, 6) is -1.59. The second-order valence-electron chi connectivity index (χ2n) is 4.56. The van der Waals surface area contributed by atoms with Gasteiger partial charge in [0.25, 0.3) is 0 Å². The molecule has 2 N–H and O–H groups in total. The van der Waals surface area contributed by atoms with Crippen molar-refractivity contribution in [1.82, 2.24) is 5.32 Å². The Balaban J connectivity index is 2.59. The minimum atomic E-state index is -0.679. The van der Waals surface area contributed by atoms with E-state index in [0.717, 1.165) is 23.9 Å². The Labute approximate surface area is 121 Å². The summed E-state index contributed by atoms with van der Waals surface area (Å²) in [6, 6.07) is 3.25. The maximum absolute atomic E-state index is 13.4. The van der Waals surface area contributed by atoms with E-state index >= 15 is 0 Å². The summed E-state index contributed by atoms with van der Waals surface area (Å²) >= 11 is 1.00. The zero-order chi connectivity index (χ0) is 15.2. The molecule has 0 heterocycles. The lowest BCUT2D eigenvalue weighted by molar-refractivity contribution is -0.121. The molecule has 1 aromatic carbocycles. The van der Waals surface area contributed by atoms with Crippen molar-refractivity contribution < 1.29 is 18.7 Å². The van der Waals surface area contributed by atoms with E-state index in [0.29, 0.717) is 12.8 Å². The van der Waals surface area contributed by atoms with Gasteiger partial charge in [0.1, 0.15) is 11.6 Å². The first-order valence-electron chi connectivity index (χ1n) is 6.46. The third-order valence-electron chi connectivity index (χ3n) is 3.31. The van der Waals surface area contributed by atoms with Gasteiger partial charge in [-0.1, -0.05) is 13.8 Å². The average Bonchev–Trinajstić information content (AvgIpc) is 2.44. The summed E-state index contributed by atoms with van der Waals surface area (Å²) in [5, 5.41) is 12.1. The Bertz CT molecular complexity index is 456. The van der Waals surface area contributed by atoms with Crippen molar-refractivity contribution in [3.63, 3.8) is 0 Å². The van der Waals surface area contributed by atoms with Gasteiger partial charge in [-0.15, -0.1) is 11.8 Å². The van der Waals surface area contributed by atoms with E-state index in [2.05, 4.69) is 5.32 Å². The molecule has 0 aliphatic heterocycles. The maximum atomic E-state index is 13.4. The number of rotatable bonds is 7. The third-order valence-corrected chi connectivity index (χ3v) is 4.36. The number of thioether (sulfide) groups is 1. The summed E-state index contributed by atoms with van der Waals surface area (Å²) in [7, 11) is 0. The topological polar surface area (TPSA) is 49.3 Å². The fourth-order valence-corrected chi connectivity index (χ4v) is 2.48. The van der Waals surface area contributed by atoms with Gasteiger partial charge in [0, 0.05) is 11.0 Å². The van der Waals surface area contributed by atoms with E-state index in [9.17, 15) is 18.7 Å². The Morgan fingerprint density at radius 1 is 1.35 bits per heavy atom. The van der Waals surface area contributed by atoms with Crippen LogP contribution in [0.4, 0.5) is 8.78 Å². The van der Waals surface area contributed by atoms with Gasteiger partial charge in [0.2, 0.25) is 5.91 Å². The molecule has 0 unspecified atom stereocenters. The normalized spacial score (nSPS) is 11.4. The molecule has 6 heteroatoms. The highest BCUT2D eigenvalue weighted by Gasteiger charge is 2.27. The molecule has 0 saturated carbocycles. The molecule has 0 fully saturated rings. The molecule has 1 rings (SSSR count). The van der Waals surface area contributed by atoms with Gasteiger partial charge < -0.3 is 10.4 Å². The minimum absolute atomic E-state index is 0.0182. The summed E-state index contributed by atoms with van der Waals surface area (Å²) in [5.41, 5.74) is -0.626. The molecule has 1 aromatic rings. The van der Waals surface area contributed by atoms with Gasteiger partial charge in [-0.2, -0.15) is 0 Å². The van der Waals surface area contributed by atoms with Crippen LogP contribution in [0.5, 0.6) is 0 Å². The molecule has 0 bridgehead atoms. The van der Waals surface area contributed by atoms with E-state index in [1.807, 2.05) is 13.8 Å². The molecule has 0 aliphatic carbocycles. The SMILES string of the molecule is CCC(CC)(CO)NC(=O)CSc1ccc(F)cc1F. The van der Waals surface area contributed by atoms with E-state index in [1.165, 1.54) is 6.07 Å². The van der Waals surface area contributed by atoms with Gasteiger partial charge in [-0.05, 0) is 25.0 Å². The number of hydrogen-bond donors (Lipinski definition) is 2. The maximum Gasteiger partial charge on any atom is 0.230 e. The molecule has 20 heavy (non-hydrogen) atoms. The van der Waals surface area contributed by atoms with Gasteiger partial charge in [-0.3, -0.25) is 4.79 Å². The molecule has 0 aromatic heterocycles. The van der Waals surface area contributed by atoms with Crippen LogP contribution >= 0.6 is 11.8 Å². The van der Waals surface area contributed by atoms with E-state index in [4.69, 9.17) is 0 Å². The van der Waals surface area contributed by atoms with Gasteiger partial charge in [-0.25, -0.2) is 8.78 Å². The predicted octanol–water partition coefficient (Wildman–Crippen LogP) is 2.72. The van der Waals surface area contributed by atoms with Crippen LogP contribution in [0, 0.1) is 11.6 Å². The first kappa shape index (κ1) is 16.9. The quantitative estimate of drug-likeness (QED) is 0.762. The number of aliphatic hydroxyl groups is 1. The summed E-state index contributed by atoms with van der Waals surface area (Å²) in [4.78, 5) is 12.1. The number of hydrogen-bond acceptors (Lipinski definition) is 3. The predicted molar refractivity (Wildman–Crippen MR) is 75.6 cm³/mol. The second kappa shape index (κ2) is 7.59. The Morgan fingerprint density at radius 3 is 2.50 bits per heavy atom. The van der Waals surface area contributed by atoms with Crippen LogP contribution in [0.3, 0.4) is 0 Å². The zero-order valence-electron chi connectivity index (χ0n) is 11.6. The summed E-state index contributed by atoms with van der Waals surface area (Å²) in [6.45, 7) is 3.63. The Kier molecular flexibility index (Phi) is 6.42. The van der Waals surface area contributed by atoms with Crippen LogP contribution in [0.2, 0.25) is 0 Å². The van der Waals surface area contributed by atoms with Crippen LogP contribution in [-0.4, -0.2) is 28.9 Å². The molecule has 3 nitrogen and oxygen atoms in total. The lowest BCUT2D eigenvalue weighted by atomic mass is 9.94. The molecule has 0 atom stereocenters. The van der Waals surface area contributed by atoms with Crippen molar-refractivity contribution in [2.45, 2.75) is 37.1 Å². The van der Waals surface area contributed by atoms with Crippen LogP contribution in [-0.2, 0) is 4.79 Å². The first-order chi connectivity index (χ1) is 9.46. The highest BCUT2D eigenvalue weighted by molar-refractivity contribution is 8.00. The van der Waals surface area contributed by atoms with Crippen molar-refractivity contribution in [2.75, 3.05) is 12.4 Å². The van der Waals surface area contributed by atoms with Crippen molar-refractivity contribution in [3.8, 4) is 0 Å². The number of halogens is 2. The number of benzene rings is 1. The first-order valence-corrected chi connectivity index (χ1v) is 7.44. The number of carbonyl (C=O) groups excluding carboxylic acids is 1. The van der Waals surface area contributed by atoms with Crippen molar-refractivity contribution in [2.24, 2.45) is 0 Å². The smallest absolute Gasteiger partial charge is 0.230 e. The number of aliphatic hydroxyl groups excluding tert-OH is 1. The summed E-state index contributed by atoms with van der Waals surface area (Å²) < 4.78 is 26.2. The highest BCUT2D eigenvalue weighted by atomic mass is 32.2. The monoisotopic (exact) mass is 303 g/mol. The van der Waals surface area contributed by atoms with Crippen LogP contribution < -0.4 is 5.32 Å². The minimum Gasteiger partial charge on any atom is -0.394 e. The molecule has 1 amide bonds. The molecule has 0 spiro atoms. The standard InChI is InChI=1S/C14H19F2NO2S/c1-3-14(4-2,9-18)17-13(19)8-20-12-6-5-10(15)7-11(12)16/h5-7,18H,3-4,8-9H2,1-2H3,(H,17,19). The largest absolute Gasteiger partial charge is 0.394 e. The second-order valence-corrected chi connectivity index (χ2v) is 5.57. The fraction of sp³-hybridized carbons (Fsp3) is 0.500. The van der Waals surface area contributed by atoms with E-state index < -0.39 is 17.2 Å². The molecular formula is C14H19F2NO2S. The Morgan fingerprint density at radius 2 is 2.00 bits per heavy atom.